The number of nitrogens with one attached hydrogen (secondary N) is 2. The highest BCUT2D eigenvalue weighted by atomic mass is 35.5. The zero-order valence-corrected chi connectivity index (χ0v) is 14.3. The molecule has 0 saturated carbocycles. The minimum atomic E-state index is -0.722. The molecule has 1 fully saturated rings. The lowest BCUT2D eigenvalue weighted by Gasteiger charge is -2.27. The molecular formula is C13H21Cl2N5O3. The van der Waals surface area contributed by atoms with Gasteiger partial charge < -0.3 is 26.0 Å². The molecule has 2 amide bonds. The number of ether oxygens (including phenoxy) is 1. The fourth-order valence-electron chi connectivity index (χ4n) is 1.97. The number of piperazine rings is 1. The number of nitrogens with zero attached hydrogens (tertiary/aromatic N) is 2. The maximum Gasteiger partial charge on any atom is 0.243 e. The summed E-state index contributed by atoms with van der Waals surface area (Å²) in [4.78, 5) is 29.2. The van der Waals surface area contributed by atoms with Gasteiger partial charge >= 0.3 is 0 Å². The maximum absolute atomic E-state index is 11.7. The van der Waals surface area contributed by atoms with Crippen LogP contribution in [0.25, 0.3) is 0 Å². The van der Waals surface area contributed by atoms with E-state index in [4.69, 9.17) is 10.5 Å². The minimum Gasteiger partial charge on any atom is -0.383 e. The topological polar surface area (TPSA) is 110 Å². The van der Waals surface area contributed by atoms with E-state index in [-0.39, 0.29) is 49.8 Å². The summed E-state index contributed by atoms with van der Waals surface area (Å²) >= 11 is 0. The third kappa shape index (κ3) is 6.19. The van der Waals surface area contributed by atoms with Crippen LogP contribution in [0.4, 0.5) is 11.5 Å². The van der Waals surface area contributed by atoms with Crippen molar-refractivity contribution in [1.82, 2.24) is 10.3 Å². The predicted molar refractivity (Wildman–Crippen MR) is 92.4 cm³/mol. The number of anilines is 2. The Morgan fingerprint density at radius 1 is 1.52 bits per heavy atom. The molecule has 2 heterocycles. The van der Waals surface area contributed by atoms with Crippen LogP contribution in [0, 0.1) is 0 Å². The average molecular weight is 366 g/mol. The lowest BCUT2D eigenvalue weighted by molar-refractivity contribution is -0.120. The van der Waals surface area contributed by atoms with Gasteiger partial charge in [0, 0.05) is 20.2 Å². The van der Waals surface area contributed by atoms with E-state index in [0.29, 0.717) is 24.6 Å². The quantitative estimate of drug-likeness (QED) is 0.664. The van der Waals surface area contributed by atoms with Crippen LogP contribution >= 0.6 is 24.8 Å². The second-order valence-corrected chi connectivity index (χ2v) is 4.73. The summed E-state index contributed by atoms with van der Waals surface area (Å²) < 4.78 is 4.82. The molecule has 1 aromatic rings. The van der Waals surface area contributed by atoms with Gasteiger partial charge in [-0.2, -0.15) is 0 Å². The molecule has 0 bridgehead atoms. The summed E-state index contributed by atoms with van der Waals surface area (Å²) in [6.07, 6.45) is 1.54. The number of hydrogen-bond donors (Lipinski definition) is 3. The normalized spacial score (nSPS) is 14.9. The minimum absolute atomic E-state index is 0. The summed E-state index contributed by atoms with van der Waals surface area (Å²) in [5.41, 5.74) is 6.18. The first-order chi connectivity index (χ1) is 10.1. The van der Waals surface area contributed by atoms with E-state index in [1.54, 1.807) is 18.3 Å². The van der Waals surface area contributed by atoms with Crippen LogP contribution in [0.2, 0.25) is 0 Å². The SMILES string of the molecule is COCC(N)C(=O)Nc1ccc(N2CCNC(=O)C2)nc1.Cl.Cl. The molecule has 0 aromatic carbocycles. The molecule has 130 valence electrons. The van der Waals surface area contributed by atoms with Crippen molar-refractivity contribution in [2.45, 2.75) is 6.04 Å². The lowest BCUT2D eigenvalue weighted by atomic mass is 10.3. The summed E-state index contributed by atoms with van der Waals surface area (Å²) in [5, 5.41) is 5.41. The third-order valence-corrected chi connectivity index (χ3v) is 3.06. The Hall–Kier alpha value is -1.61. The highest BCUT2D eigenvalue weighted by Gasteiger charge is 2.18. The van der Waals surface area contributed by atoms with E-state index >= 15 is 0 Å². The number of pyridine rings is 1. The van der Waals surface area contributed by atoms with Gasteiger partial charge in [0.1, 0.15) is 11.9 Å². The Labute approximate surface area is 147 Å². The number of amides is 2. The molecule has 1 aliphatic rings. The fraction of sp³-hybridized carbons (Fsp3) is 0.462. The number of carbonyl (C=O) groups is 2. The highest BCUT2D eigenvalue weighted by molar-refractivity contribution is 5.94. The first-order valence-electron chi connectivity index (χ1n) is 6.63. The second-order valence-electron chi connectivity index (χ2n) is 4.73. The average Bonchev–Trinajstić information content (AvgIpc) is 2.48. The van der Waals surface area contributed by atoms with Crippen LogP contribution in [0.1, 0.15) is 0 Å². The Morgan fingerprint density at radius 3 is 2.83 bits per heavy atom. The zero-order chi connectivity index (χ0) is 15.2. The lowest BCUT2D eigenvalue weighted by Crippen LogP contribution is -2.48. The smallest absolute Gasteiger partial charge is 0.243 e. The van der Waals surface area contributed by atoms with E-state index in [1.807, 2.05) is 4.90 Å². The van der Waals surface area contributed by atoms with Gasteiger partial charge in [0.15, 0.2) is 0 Å². The maximum atomic E-state index is 11.7. The molecule has 0 spiro atoms. The van der Waals surface area contributed by atoms with Crippen LogP contribution in [-0.2, 0) is 14.3 Å². The van der Waals surface area contributed by atoms with Crippen molar-refractivity contribution < 1.29 is 14.3 Å². The molecule has 1 aliphatic heterocycles. The zero-order valence-electron chi connectivity index (χ0n) is 12.7. The van der Waals surface area contributed by atoms with Gasteiger partial charge in [-0.25, -0.2) is 4.98 Å². The second kappa shape index (κ2) is 10.2. The van der Waals surface area contributed by atoms with Crippen molar-refractivity contribution in [1.29, 1.82) is 0 Å². The molecule has 1 unspecified atom stereocenters. The van der Waals surface area contributed by atoms with Crippen molar-refractivity contribution in [2.24, 2.45) is 5.73 Å². The van der Waals surface area contributed by atoms with Crippen molar-refractivity contribution in [3.05, 3.63) is 18.3 Å². The van der Waals surface area contributed by atoms with Gasteiger partial charge in [-0.1, -0.05) is 0 Å². The van der Waals surface area contributed by atoms with E-state index < -0.39 is 6.04 Å². The van der Waals surface area contributed by atoms with Gasteiger partial charge in [-0.3, -0.25) is 9.59 Å². The fourth-order valence-corrected chi connectivity index (χ4v) is 1.97. The molecule has 23 heavy (non-hydrogen) atoms. The molecule has 2 rings (SSSR count). The number of carbonyl (C=O) groups excluding carboxylic acids is 2. The number of nitrogens with two attached hydrogens (primary N) is 1. The first kappa shape index (κ1) is 21.4. The van der Waals surface area contributed by atoms with Gasteiger partial charge in [0.2, 0.25) is 11.8 Å². The highest BCUT2D eigenvalue weighted by Crippen LogP contribution is 2.14. The number of aromatic nitrogens is 1. The summed E-state index contributed by atoms with van der Waals surface area (Å²) in [6, 6.07) is 2.77. The van der Waals surface area contributed by atoms with Crippen molar-refractivity contribution in [3.63, 3.8) is 0 Å². The monoisotopic (exact) mass is 365 g/mol. The van der Waals surface area contributed by atoms with E-state index in [1.165, 1.54) is 7.11 Å². The number of methoxy groups -OCH3 is 1. The van der Waals surface area contributed by atoms with Crippen LogP contribution < -0.4 is 21.3 Å². The predicted octanol–water partition coefficient (Wildman–Crippen LogP) is -0.226. The molecule has 0 radical (unpaired) electrons. The van der Waals surface area contributed by atoms with Crippen LogP contribution in [0.15, 0.2) is 18.3 Å². The molecule has 1 atom stereocenters. The van der Waals surface area contributed by atoms with E-state index in [2.05, 4.69) is 15.6 Å². The Morgan fingerprint density at radius 2 is 2.26 bits per heavy atom. The molecule has 10 heteroatoms. The summed E-state index contributed by atoms with van der Waals surface area (Å²) in [5.74, 6) is 0.346. The third-order valence-electron chi connectivity index (χ3n) is 3.06. The van der Waals surface area contributed by atoms with Gasteiger partial charge in [0.05, 0.1) is 25.0 Å². The van der Waals surface area contributed by atoms with Crippen LogP contribution in [-0.4, -0.2) is 56.2 Å². The summed E-state index contributed by atoms with van der Waals surface area (Å²) in [6.45, 7) is 1.76. The van der Waals surface area contributed by atoms with E-state index in [9.17, 15) is 9.59 Å². The molecule has 4 N–H and O–H groups in total. The van der Waals surface area contributed by atoms with Gasteiger partial charge in [-0.15, -0.1) is 24.8 Å². The van der Waals surface area contributed by atoms with Crippen LogP contribution in [0.3, 0.4) is 0 Å². The van der Waals surface area contributed by atoms with Crippen molar-refractivity contribution >= 4 is 48.1 Å². The molecule has 1 saturated heterocycles. The Kier molecular flexibility index (Phi) is 9.50. The molecule has 1 aromatic heterocycles. The van der Waals surface area contributed by atoms with Gasteiger partial charge in [-0.05, 0) is 12.1 Å². The summed E-state index contributed by atoms with van der Waals surface area (Å²) in [7, 11) is 1.48. The molecule has 0 aliphatic carbocycles. The Balaban J connectivity index is 0.00000242. The van der Waals surface area contributed by atoms with Crippen LogP contribution in [0.5, 0.6) is 0 Å². The first-order valence-corrected chi connectivity index (χ1v) is 6.63. The molecular weight excluding hydrogens is 345 g/mol. The van der Waals surface area contributed by atoms with Crippen molar-refractivity contribution in [2.75, 3.05) is 43.6 Å². The van der Waals surface area contributed by atoms with E-state index in [0.717, 1.165) is 0 Å². The Bertz CT molecular complexity index is 515. The number of hydrogen-bond acceptors (Lipinski definition) is 6. The molecule has 8 nitrogen and oxygen atoms in total. The van der Waals surface area contributed by atoms with Gasteiger partial charge in [0.25, 0.3) is 0 Å². The number of halogens is 2. The standard InChI is InChI=1S/C13H19N5O3.2ClH/c1-21-8-10(14)13(20)17-9-2-3-11(16-6-9)18-5-4-15-12(19)7-18;;/h2-3,6,10H,4-5,7-8,14H2,1H3,(H,15,19)(H,17,20);2*1H. The number of rotatable bonds is 5. The van der Waals surface area contributed by atoms with Crippen molar-refractivity contribution in [3.8, 4) is 0 Å². The largest absolute Gasteiger partial charge is 0.383 e.